The van der Waals surface area contributed by atoms with Crippen LogP contribution >= 0.6 is 0 Å². The second kappa shape index (κ2) is 4.66. The van der Waals surface area contributed by atoms with Gasteiger partial charge in [-0.15, -0.1) is 5.92 Å². The van der Waals surface area contributed by atoms with Crippen molar-refractivity contribution in [3.8, 4) is 17.6 Å². The summed E-state index contributed by atoms with van der Waals surface area (Å²) in [6.45, 7) is 12.0. The highest BCUT2D eigenvalue weighted by Crippen LogP contribution is 2.46. The fourth-order valence-electron chi connectivity index (χ4n) is 3.14. The van der Waals surface area contributed by atoms with Gasteiger partial charge < -0.3 is 4.74 Å². The maximum absolute atomic E-state index is 11.7. The zero-order chi connectivity index (χ0) is 15.1. The molecule has 1 aromatic rings. The van der Waals surface area contributed by atoms with Crippen molar-refractivity contribution >= 4 is 5.78 Å². The summed E-state index contributed by atoms with van der Waals surface area (Å²) in [7, 11) is 0. The van der Waals surface area contributed by atoms with Crippen LogP contribution in [0.4, 0.5) is 0 Å². The molecule has 1 aliphatic rings. The van der Waals surface area contributed by atoms with Crippen molar-refractivity contribution < 1.29 is 9.53 Å². The molecule has 0 spiro atoms. The number of Topliss-reactive ketones (excluding diaryl/α,β-unsaturated/α-hetero) is 1. The molecule has 0 N–H and O–H groups in total. The molecule has 0 amide bonds. The lowest BCUT2D eigenvalue weighted by Crippen LogP contribution is -2.41. The van der Waals surface area contributed by atoms with Gasteiger partial charge in [0.05, 0.1) is 5.56 Å². The molecule has 1 aliphatic heterocycles. The van der Waals surface area contributed by atoms with Gasteiger partial charge in [-0.2, -0.15) is 0 Å². The van der Waals surface area contributed by atoms with Gasteiger partial charge in [0.25, 0.3) is 0 Å². The predicted octanol–water partition coefficient (Wildman–Crippen LogP) is 4.10. The van der Waals surface area contributed by atoms with E-state index in [-0.39, 0.29) is 16.8 Å². The minimum atomic E-state index is -0.224. The van der Waals surface area contributed by atoms with Crippen LogP contribution in [-0.2, 0) is 5.41 Å². The largest absolute Gasteiger partial charge is 0.486 e. The topological polar surface area (TPSA) is 26.3 Å². The lowest BCUT2D eigenvalue weighted by Gasteiger charge is -2.43. The van der Waals surface area contributed by atoms with E-state index in [0.29, 0.717) is 5.56 Å². The average Bonchev–Trinajstić information content (AvgIpc) is 2.27. The first-order valence-electron chi connectivity index (χ1n) is 6.97. The van der Waals surface area contributed by atoms with Crippen molar-refractivity contribution in [2.45, 2.75) is 59.0 Å². The SMILES string of the molecule is CC#Cc1cc(C(C)=O)cc2c1OC(C)(C)CC2(C)C. The molecule has 106 valence electrons. The molecule has 0 unspecified atom stereocenters. The molecule has 2 rings (SSSR count). The number of ether oxygens (including phenoxy) is 1. The molecule has 0 saturated carbocycles. The van der Waals surface area contributed by atoms with Crippen LogP contribution in [0, 0.1) is 11.8 Å². The molecule has 2 heteroatoms. The number of carbonyl (C=O) groups is 1. The zero-order valence-corrected chi connectivity index (χ0v) is 13.2. The van der Waals surface area contributed by atoms with Crippen LogP contribution in [0.3, 0.4) is 0 Å². The average molecular weight is 270 g/mol. The van der Waals surface area contributed by atoms with E-state index in [1.807, 2.05) is 12.1 Å². The van der Waals surface area contributed by atoms with Crippen molar-refractivity contribution in [1.29, 1.82) is 0 Å². The van der Waals surface area contributed by atoms with E-state index < -0.39 is 0 Å². The number of fused-ring (bicyclic) bond motifs is 1. The van der Waals surface area contributed by atoms with E-state index >= 15 is 0 Å². The Balaban J connectivity index is 2.75. The Labute approximate surface area is 121 Å². The number of carbonyl (C=O) groups excluding carboxylic acids is 1. The molecule has 1 heterocycles. The van der Waals surface area contributed by atoms with Crippen LogP contribution in [0.2, 0.25) is 0 Å². The second-order valence-corrected chi connectivity index (χ2v) is 6.75. The van der Waals surface area contributed by atoms with E-state index in [9.17, 15) is 4.79 Å². The summed E-state index contributed by atoms with van der Waals surface area (Å²) in [5.74, 6) is 6.89. The summed E-state index contributed by atoms with van der Waals surface area (Å²) in [5.41, 5.74) is 2.35. The molecular weight excluding hydrogens is 248 g/mol. The molecule has 0 bridgehead atoms. The van der Waals surface area contributed by atoms with E-state index in [1.165, 1.54) is 0 Å². The lowest BCUT2D eigenvalue weighted by atomic mass is 9.72. The second-order valence-electron chi connectivity index (χ2n) is 6.75. The van der Waals surface area contributed by atoms with Gasteiger partial charge in [0.15, 0.2) is 5.78 Å². The number of ketones is 1. The normalized spacial score (nSPS) is 18.3. The molecule has 20 heavy (non-hydrogen) atoms. The molecule has 0 atom stereocenters. The summed E-state index contributed by atoms with van der Waals surface area (Å²) >= 11 is 0. The Hall–Kier alpha value is -1.75. The monoisotopic (exact) mass is 270 g/mol. The van der Waals surface area contributed by atoms with Gasteiger partial charge in [-0.05, 0) is 51.7 Å². The van der Waals surface area contributed by atoms with Crippen LogP contribution in [0.15, 0.2) is 12.1 Å². The molecule has 0 aliphatic carbocycles. The number of hydrogen-bond acceptors (Lipinski definition) is 2. The molecule has 0 fully saturated rings. The van der Waals surface area contributed by atoms with Crippen LogP contribution in [0.1, 0.15) is 69.4 Å². The molecule has 0 saturated heterocycles. The molecule has 0 aromatic heterocycles. The highest BCUT2D eigenvalue weighted by atomic mass is 16.5. The van der Waals surface area contributed by atoms with Gasteiger partial charge in [-0.3, -0.25) is 4.79 Å². The van der Waals surface area contributed by atoms with Crippen molar-refractivity contribution in [3.05, 3.63) is 28.8 Å². The van der Waals surface area contributed by atoms with Crippen LogP contribution < -0.4 is 4.74 Å². The molecule has 0 radical (unpaired) electrons. The first kappa shape index (κ1) is 14.7. The summed E-state index contributed by atoms with van der Waals surface area (Å²) < 4.78 is 6.16. The quantitative estimate of drug-likeness (QED) is 0.567. The summed E-state index contributed by atoms with van der Waals surface area (Å²) in [6.07, 6.45) is 0.910. The summed E-state index contributed by atoms with van der Waals surface area (Å²) in [5, 5.41) is 0. The fraction of sp³-hybridized carbons (Fsp3) is 0.500. The smallest absolute Gasteiger partial charge is 0.159 e. The Bertz CT molecular complexity index is 625. The summed E-state index contributed by atoms with van der Waals surface area (Å²) in [4.78, 5) is 11.7. The highest BCUT2D eigenvalue weighted by Gasteiger charge is 2.40. The maximum atomic E-state index is 11.7. The first-order valence-corrected chi connectivity index (χ1v) is 6.97. The van der Waals surface area contributed by atoms with Gasteiger partial charge in [0.1, 0.15) is 11.4 Å². The molecular formula is C18H22O2. The van der Waals surface area contributed by atoms with Gasteiger partial charge in [-0.1, -0.05) is 19.8 Å². The van der Waals surface area contributed by atoms with Crippen molar-refractivity contribution in [2.24, 2.45) is 0 Å². The predicted molar refractivity (Wildman–Crippen MR) is 81.3 cm³/mol. The van der Waals surface area contributed by atoms with Gasteiger partial charge >= 0.3 is 0 Å². The Morgan fingerprint density at radius 1 is 1.25 bits per heavy atom. The highest BCUT2D eigenvalue weighted by molar-refractivity contribution is 5.95. The van der Waals surface area contributed by atoms with Crippen molar-refractivity contribution in [3.63, 3.8) is 0 Å². The number of rotatable bonds is 1. The van der Waals surface area contributed by atoms with Gasteiger partial charge in [0.2, 0.25) is 0 Å². The van der Waals surface area contributed by atoms with Gasteiger partial charge in [0, 0.05) is 11.1 Å². The maximum Gasteiger partial charge on any atom is 0.159 e. The van der Waals surface area contributed by atoms with Crippen LogP contribution in [-0.4, -0.2) is 11.4 Å². The fourth-order valence-corrected chi connectivity index (χ4v) is 3.14. The first-order chi connectivity index (χ1) is 9.16. The van der Waals surface area contributed by atoms with Crippen LogP contribution in [0.5, 0.6) is 5.75 Å². The minimum absolute atomic E-state index is 0.0350. The molecule has 1 aromatic carbocycles. The Morgan fingerprint density at radius 3 is 2.45 bits per heavy atom. The van der Waals surface area contributed by atoms with Gasteiger partial charge in [-0.25, -0.2) is 0 Å². The van der Waals surface area contributed by atoms with E-state index in [0.717, 1.165) is 23.3 Å². The van der Waals surface area contributed by atoms with Crippen LogP contribution in [0.25, 0.3) is 0 Å². The van der Waals surface area contributed by atoms with E-state index in [2.05, 4.69) is 39.5 Å². The third-order valence-corrected chi connectivity index (χ3v) is 3.73. The van der Waals surface area contributed by atoms with Crippen molar-refractivity contribution in [2.75, 3.05) is 0 Å². The van der Waals surface area contributed by atoms with E-state index in [4.69, 9.17) is 4.74 Å². The van der Waals surface area contributed by atoms with Crippen molar-refractivity contribution in [1.82, 2.24) is 0 Å². The minimum Gasteiger partial charge on any atom is -0.486 e. The third kappa shape index (κ3) is 2.58. The molecule has 2 nitrogen and oxygen atoms in total. The lowest BCUT2D eigenvalue weighted by molar-refractivity contribution is 0.0530. The standard InChI is InChI=1S/C18H22O2/c1-7-8-13-9-14(12(2)19)10-15-16(13)20-18(5,6)11-17(15,3)4/h9-10H,11H2,1-6H3. The number of benzene rings is 1. The summed E-state index contributed by atoms with van der Waals surface area (Å²) in [6, 6.07) is 3.81. The zero-order valence-electron chi connectivity index (χ0n) is 13.2. The Kier molecular flexibility index (Phi) is 3.42. The number of hydrogen-bond donors (Lipinski definition) is 0. The third-order valence-electron chi connectivity index (χ3n) is 3.73. The van der Waals surface area contributed by atoms with E-state index in [1.54, 1.807) is 13.8 Å². The Morgan fingerprint density at radius 2 is 1.90 bits per heavy atom.